The van der Waals surface area contributed by atoms with Crippen molar-refractivity contribution in [1.29, 1.82) is 0 Å². The molecule has 4 nitrogen and oxygen atoms in total. The van der Waals surface area contributed by atoms with E-state index in [4.69, 9.17) is 14.2 Å². The topological polar surface area (TPSA) is 39.7 Å². The van der Waals surface area contributed by atoms with Crippen LogP contribution in [0.15, 0.2) is 0 Å². The van der Waals surface area contributed by atoms with Crippen LogP contribution in [0.25, 0.3) is 0 Å². The molecule has 2 rings (SSSR count). The van der Waals surface area contributed by atoms with Crippen LogP contribution in [0.4, 0.5) is 0 Å². The van der Waals surface area contributed by atoms with E-state index in [2.05, 4.69) is 12.2 Å². The molecular weight excluding hydrogens is 170 g/mol. The fraction of sp³-hybridized carbons (Fsp3) is 1.00. The van der Waals surface area contributed by atoms with Gasteiger partial charge in [0.1, 0.15) is 6.61 Å². The van der Waals surface area contributed by atoms with Gasteiger partial charge in [-0.1, -0.05) is 0 Å². The molecule has 1 unspecified atom stereocenters. The smallest absolute Gasteiger partial charge is 0.185 e. The van der Waals surface area contributed by atoms with Crippen LogP contribution in [0.2, 0.25) is 0 Å². The summed E-state index contributed by atoms with van der Waals surface area (Å²) in [6, 6.07) is 0. The molecule has 13 heavy (non-hydrogen) atoms. The molecule has 2 heterocycles. The van der Waals surface area contributed by atoms with Crippen LogP contribution >= 0.6 is 0 Å². The van der Waals surface area contributed by atoms with Gasteiger partial charge in [0.15, 0.2) is 12.1 Å². The average molecular weight is 187 g/mol. The lowest BCUT2D eigenvalue weighted by Crippen LogP contribution is -2.60. The van der Waals surface area contributed by atoms with Crippen molar-refractivity contribution in [2.24, 2.45) is 0 Å². The second-order valence-electron chi connectivity index (χ2n) is 4.43. The number of hydrogen-bond donors (Lipinski definition) is 1. The molecule has 0 aromatic carbocycles. The van der Waals surface area contributed by atoms with Crippen molar-refractivity contribution in [1.82, 2.24) is 5.32 Å². The van der Waals surface area contributed by atoms with Crippen molar-refractivity contribution < 1.29 is 14.2 Å². The molecular formula is C9H17NO3. The van der Waals surface area contributed by atoms with Gasteiger partial charge in [-0.15, -0.1) is 0 Å². The molecule has 0 saturated carbocycles. The lowest BCUT2D eigenvalue weighted by molar-refractivity contribution is -0.233. The van der Waals surface area contributed by atoms with Gasteiger partial charge in [-0.2, -0.15) is 0 Å². The molecule has 2 aliphatic rings. The van der Waals surface area contributed by atoms with Crippen LogP contribution in [0.5, 0.6) is 0 Å². The fourth-order valence-electron chi connectivity index (χ4n) is 1.59. The maximum Gasteiger partial charge on any atom is 0.185 e. The van der Waals surface area contributed by atoms with E-state index in [1.165, 1.54) is 0 Å². The largest absolute Gasteiger partial charge is 0.345 e. The maximum atomic E-state index is 5.76. The summed E-state index contributed by atoms with van der Waals surface area (Å²) in [6.07, 6.45) is -0.206. The zero-order chi connectivity index (χ0) is 9.53. The van der Waals surface area contributed by atoms with Gasteiger partial charge in [-0.05, 0) is 20.8 Å². The van der Waals surface area contributed by atoms with Crippen LogP contribution in [0.3, 0.4) is 0 Å². The van der Waals surface area contributed by atoms with Crippen molar-refractivity contribution >= 4 is 0 Å². The molecule has 0 aromatic heterocycles. The minimum atomic E-state index is -0.488. The first-order valence-electron chi connectivity index (χ1n) is 4.69. The van der Waals surface area contributed by atoms with Crippen molar-refractivity contribution in [3.8, 4) is 0 Å². The Morgan fingerprint density at radius 3 is 2.38 bits per heavy atom. The SMILES string of the molecule is CC1(OC2COC(C)(C)O2)CNC1. The normalized spacial score (nSPS) is 35.8. The van der Waals surface area contributed by atoms with Crippen molar-refractivity contribution in [3.63, 3.8) is 0 Å². The van der Waals surface area contributed by atoms with Gasteiger partial charge in [-0.3, -0.25) is 0 Å². The number of hydrogen-bond acceptors (Lipinski definition) is 4. The Morgan fingerprint density at radius 1 is 1.31 bits per heavy atom. The Hall–Kier alpha value is -0.160. The molecule has 0 radical (unpaired) electrons. The minimum Gasteiger partial charge on any atom is -0.345 e. The van der Waals surface area contributed by atoms with Crippen LogP contribution in [0.1, 0.15) is 20.8 Å². The summed E-state index contributed by atoms with van der Waals surface area (Å²) >= 11 is 0. The minimum absolute atomic E-state index is 0.0611. The molecule has 1 N–H and O–H groups in total. The van der Waals surface area contributed by atoms with E-state index >= 15 is 0 Å². The third-order valence-electron chi connectivity index (χ3n) is 2.40. The van der Waals surface area contributed by atoms with Crippen LogP contribution in [-0.2, 0) is 14.2 Å². The van der Waals surface area contributed by atoms with Gasteiger partial charge >= 0.3 is 0 Å². The Balaban J connectivity index is 1.83. The molecule has 0 aromatic rings. The zero-order valence-electron chi connectivity index (χ0n) is 8.42. The van der Waals surface area contributed by atoms with Gasteiger partial charge in [0.25, 0.3) is 0 Å². The van der Waals surface area contributed by atoms with E-state index in [0.29, 0.717) is 6.61 Å². The van der Waals surface area contributed by atoms with E-state index < -0.39 is 5.79 Å². The van der Waals surface area contributed by atoms with E-state index in [1.807, 2.05) is 13.8 Å². The maximum absolute atomic E-state index is 5.76. The van der Waals surface area contributed by atoms with E-state index in [-0.39, 0.29) is 11.9 Å². The van der Waals surface area contributed by atoms with Gasteiger partial charge in [0, 0.05) is 13.1 Å². The number of rotatable bonds is 2. The predicted octanol–water partition coefficient (Wildman–Crippen LogP) is 0.474. The highest BCUT2D eigenvalue weighted by atomic mass is 16.8. The summed E-state index contributed by atoms with van der Waals surface area (Å²) in [7, 11) is 0. The molecule has 76 valence electrons. The first kappa shape index (κ1) is 9.40. The lowest BCUT2D eigenvalue weighted by Gasteiger charge is -2.40. The molecule has 0 bridgehead atoms. The third kappa shape index (κ3) is 2.02. The highest BCUT2D eigenvalue weighted by Crippen LogP contribution is 2.27. The van der Waals surface area contributed by atoms with E-state index in [9.17, 15) is 0 Å². The summed E-state index contributed by atoms with van der Waals surface area (Å²) < 4.78 is 16.7. The van der Waals surface area contributed by atoms with Crippen LogP contribution in [0, 0.1) is 0 Å². The molecule has 2 fully saturated rings. The monoisotopic (exact) mass is 187 g/mol. The quantitative estimate of drug-likeness (QED) is 0.682. The first-order chi connectivity index (χ1) is 5.99. The molecule has 2 saturated heterocycles. The molecule has 0 aliphatic carbocycles. The highest BCUT2D eigenvalue weighted by Gasteiger charge is 2.41. The second kappa shape index (κ2) is 2.92. The van der Waals surface area contributed by atoms with Gasteiger partial charge in [0.05, 0.1) is 5.60 Å². The van der Waals surface area contributed by atoms with Gasteiger partial charge in [-0.25, -0.2) is 0 Å². The van der Waals surface area contributed by atoms with E-state index in [1.54, 1.807) is 0 Å². The Morgan fingerprint density at radius 2 is 2.00 bits per heavy atom. The Labute approximate surface area is 78.5 Å². The first-order valence-corrected chi connectivity index (χ1v) is 4.69. The summed E-state index contributed by atoms with van der Waals surface area (Å²) in [5, 5.41) is 3.18. The zero-order valence-corrected chi connectivity index (χ0v) is 8.42. The average Bonchev–Trinajstić information content (AvgIpc) is 2.27. The number of ether oxygens (including phenoxy) is 3. The molecule has 1 atom stereocenters. The van der Waals surface area contributed by atoms with Crippen LogP contribution < -0.4 is 5.32 Å². The van der Waals surface area contributed by atoms with Crippen molar-refractivity contribution in [3.05, 3.63) is 0 Å². The van der Waals surface area contributed by atoms with Gasteiger partial charge < -0.3 is 19.5 Å². The fourth-order valence-corrected chi connectivity index (χ4v) is 1.59. The summed E-state index contributed by atoms with van der Waals surface area (Å²) in [5.74, 6) is -0.488. The summed E-state index contributed by atoms with van der Waals surface area (Å²) in [5.41, 5.74) is -0.0611. The second-order valence-corrected chi connectivity index (χ2v) is 4.43. The molecule has 0 amide bonds. The third-order valence-corrected chi connectivity index (χ3v) is 2.40. The molecule has 0 spiro atoms. The Kier molecular flexibility index (Phi) is 2.11. The lowest BCUT2D eigenvalue weighted by atomic mass is 10.0. The molecule has 4 heteroatoms. The Bertz CT molecular complexity index is 201. The predicted molar refractivity (Wildman–Crippen MR) is 47.3 cm³/mol. The summed E-state index contributed by atoms with van der Waals surface area (Å²) in [4.78, 5) is 0. The van der Waals surface area contributed by atoms with E-state index in [0.717, 1.165) is 13.1 Å². The standard InChI is InChI=1S/C9H17NO3/c1-8(2)11-4-7(12-8)13-9(3)5-10-6-9/h7,10H,4-6H2,1-3H3. The van der Waals surface area contributed by atoms with Crippen molar-refractivity contribution in [2.45, 2.75) is 38.4 Å². The summed E-state index contributed by atoms with van der Waals surface area (Å²) in [6.45, 7) is 8.21. The van der Waals surface area contributed by atoms with Gasteiger partial charge in [0.2, 0.25) is 0 Å². The number of nitrogens with one attached hydrogen (secondary N) is 1. The molecule has 2 aliphatic heterocycles. The van der Waals surface area contributed by atoms with Crippen LogP contribution in [-0.4, -0.2) is 37.4 Å². The van der Waals surface area contributed by atoms with Crippen molar-refractivity contribution in [2.75, 3.05) is 19.7 Å². The highest BCUT2D eigenvalue weighted by molar-refractivity contribution is 4.91.